The summed E-state index contributed by atoms with van der Waals surface area (Å²) in [7, 11) is 8.33. The highest BCUT2D eigenvalue weighted by Gasteiger charge is 2.27. The van der Waals surface area contributed by atoms with Crippen LogP contribution in [0.25, 0.3) is 11.0 Å². The molecule has 1 aliphatic heterocycles. The molecular weight excluding hydrogens is 314 g/mol. The Bertz CT molecular complexity index is 738. The number of likely N-dealkylation sites (N-methyl/N-ethyl adjacent to an activating group) is 2. The zero-order valence-electron chi connectivity index (χ0n) is 15.7. The number of fused-ring (bicyclic) bond motifs is 1. The first-order valence-electron chi connectivity index (χ1n) is 8.98. The van der Waals surface area contributed by atoms with Gasteiger partial charge >= 0.3 is 0 Å². The van der Waals surface area contributed by atoms with Crippen LogP contribution < -0.4 is 5.32 Å². The molecule has 1 aromatic heterocycles. The lowest BCUT2D eigenvalue weighted by atomic mass is 10.0. The van der Waals surface area contributed by atoms with E-state index in [0.717, 1.165) is 42.8 Å². The van der Waals surface area contributed by atoms with Gasteiger partial charge in [0.15, 0.2) is 0 Å². The molecule has 0 unspecified atom stereocenters. The Morgan fingerprint density at radius 2 is 2.00 bits per heavy atom. The Hall–Kier alpha value is -1.92. The minimum Gasteiger partial charge on any atom is -0.349 e. The van der Waals surface area contributed by atoms with Crippen molar-refractivity contribution in [2.75, 3.05) is 34.2 Å². The summed E-state index contributed by atoms with van der Waals surface area (Å²) in [6.45, 7) is 2.31. The average Bonchev–Trinajstić information content (AvgIpc) is 2.77. The van der Waals surface area contributed by atoms with Crippen molar-refractivity contribution in [3.8, 4) is 0 Å². The first-order chi connectivity index (χ1) is 12.0. The van der Waals surface area contributed by atoms with Gasteiger partial charge in [-0.25, -0.2) is 4.98 Å². The number of carbonyl (C=O) groups excluding carboxylic acids is 1. The number of hydrogen-bond acceptors (Lipinski definition) is 4. The van der Waals surface area contributed by atoms with Crippen molar-refractivity contribution >= 4 is 16.9 Å². The summed E-state index contributed by atoms with van der Waals surface area (Å²) in [6, 6.07) is 8.56. The number of imidazole rings is 1. The molecular formula is C19H29N5O. The standard InChI is InChI=1S/C19H29N5O/c1-22(2)15-10-9-14(12-23(3)13-15)19(25)20-11-18-21-16-7-5-6-8-17(16)24(18)4/h5-8,14-15H,9-13H2,1-4H3,(H,20,25)/t14-,15+/m1/s1. The molecule has 0 aliphatic carbocycles. The number of rotatable bonds is 4. The van der Waals surface area contributed by atoms with Crippen LogP contribution >= 0.6 is 0 Å². The minimum absolute atomic E-state index is 0.0460. The number of nitrogens with one attached hydrogen (secondary N) is 1. The van der Waals surface area contributed by atoms with Crippen molar-refractivity contribution < 1.29 is 4.79 Å². The van der Waals surface area contributed by atoms with Crippen molar-refractivity contribution in [1.29, 1.82) is 0 Å². The Kier molecular flexibility index (Phi) is 5.39. The van der Waals surface area contributed by atoms with E-state index in [1.165, 1.54) is 0 Å². The Morgan fingerprint density at radius 1 is 1.24 bits per heavy atom. The summed E-state index contributed by atoms with van der Waals surface area (Å²) in [5.74, 6) is 1.07. The zero-order chi connectivity index (χ0) is 18.0. The Labute approximate surface area is 149 Å². The monoisotopic (exact) mass is 343 g/mol. The molecule has 6 nitrogen and oxygen atoms in total. The summed E-state index contributed by atoms with van der Waals surface area (Å²) in [5, 5.41) is 3.10. The molecule has 0 bridgehead atoms. The molecule has 1 saturated heterocycles. The topological polar surface area (TPSA) is 53.4 Å². The van der Waals surface area contributed by atoms with E-state index in [-0.39, 0.29) is 11.8 Å². The van der Waals surface area contributed by atoms with Gasteiger partial charge in [-0.3, -0.25) is 4.79 Å². The third-order valence-electron chi connectivity index (χ3n) is 5.30. The number of likely N-dealkylation sites (tertiary alicyclic amines) is 1. The molecule has 2 aromatic rings. The number of aromatic nitrogens is 2. The lowest BCUT2D eigenvalue weighted by molar-refractivity contribution is -0.125. The van der Waals surface area contributed by atoms with Crippen molar-refractivity contribution in [2.45, 2.75) is 25.4 Å². The van der Waals surface area contributed by atoms with E-state index in [9.17, 15) is 4.79 Å². The second-order valence-electron chi connectivity index (χ2n) is 7.41. The number of amides is 1. The molecule has 2 atom stereocenters. The van der Waals surface area contributed by atoms with Crippen LogP contribution in [0.3, 0.4) is 0 Å². The first kappa shape index (κ1) is 17.9. The van der Waals surface area contributed by atoms with Gasteiger partial charge in [-0.15, -0.1) is 0 Å². The van der Waals surface area contributed by atoms with Gasteiger partial charge in [0.25, 0.3) is 0 Å². The number of hydrogen-bond donors (Lipinski definition) is 1. The third kappa shape index (κ3) is 4.02. The molecule has 1 aliphatic rings. The van der Waals surface area contributed by atoms with Crippen LogP contribution in [0, 0.1) is 5.92 Å². The lowest BCUT2D eigenvalue weighted by Gasteiger charge is -2.25. The van der Waals surface area contributed by atoms with Gasteiger partial charge in [0, 0.05) is 26.2 Å². The van der Waals surface area contributed by atoms with E-state index < -0.39 is 0 Å². The van der Waals surface area contributed by atoms with Crippen LogP contribution in [-0.4, -0.2) is 65.5 Å². The van der Waals surface area contributed by atoms with E-state index >= 15 is 0 Å². The van der Waals surface area contributed by atoms with Gasteiger partial charge < -0.3 is 19.7 Å². The van der Waals surface area contributed by atoms with Gasteiger partial charge in [-0.05, 0) is 46.1 Å². The predicted octanol–water partition coefficient (Wildman–Crippen LogP) is 1.46. The SMILES string of the molecule is CN1C[C@H](C(=O)NCc2nc3ccccc3n2C)CC[C@H](N(C)C)C1. The first-order valence-corrected chi connectivity index (χ1v) is 8.98. The summed E-state index contributed by atoms with van der Waals surface area (Å²) < 4.78 is 2.05. The van der Waals surface area contributed by atoms with E-state index in [0.29, 0.717) is 12.6 Å². The average molecular weight is 343 g/mol. The molecule has 0 radical (unpaired) electrons. The smallest absolute Gasteiger partial charge is 0.224 e. The second kappa shape index (κ2) is 7.54. The maximum atomic E-state index is 12.7. The molecule has 136 valence electrons. The van der Waals surface area contributed by atoms with Crippen LogP contribution in [0.2, 0.25) is 0 Å². The van der Waals surface area contributed by atoms with Crippen molar-refractivity contribution in [3.05, 3.63) is 30.1 Å². The van der Waals surface area contributed by atoms with Gasteiger partial charge in [0.1, 0.15) is 5.82 Å². The highest BCUT2D eigenvalue weighted by atomic mass is 16.1. The maximum absolute atomic E-state index is 12.7. The number of aryl methyl sites for hydroxylation is 1. The number of benzene rings is 1. The summed E-state index contributed by atoms with van der Waals surface area (Å²) in [4.78, 5) is 21.8. The zero-order valence-corrected chi connectivity index (χ0v) is 15.7. The fraction of sp³-hybridized carbons (Fsp3) is 0.579. The number of para-hydroxylation sites is 2. The quantitative estimate of drug-likeness (QED) is 0.913. The van der Waals surface area contributed by atoms with Crippen LogP contribution in [0.4, 0.5) is 0 Å². The van der Waals surface area contributed by atoms with Gasteiger partial charge in [-0.2, -0.15) is 0 Å². The molecule has 1 N–H and O–H groups in total. The molecule has 2 heterocycles. The molecule has 1 aromatic carbocycles. The molecule has 25 heavy (non-hydrogen) atoms. The van der Waals surface area contributed by atoms with Gasteiger partial charge in [0.2, 0.25) is 5.91 Å². The molecule has 3 rings (SSSR count). The lowest BCUT2D eigenvalue weighted by Crippen LogP contribution is -2.39. The predicted molar refractivity (Wildman–Crippen MR) is 100 cm³/mol. The normalized spacial score (nSPS) is 22.3. The van der Waals surface area contributed by atoms with Crippen LogP contribution in [0.5, 0.6) is 0 Å². The van der Waals surface area contributed by atoms with Crippen molar-refractivity contribution in [1.82, 2.24) is 24.7 Å². The molecule has 6 heteroatoms. The van der Waals surface area contributed by atoms with E-state index in [1.54, 1.807) is 0 Å². The van der Waals surface area contributed by atoms with Crippen LogP contribution in [-0.2, 0) is 18.4 Å². The highest BCUT2D eigenvalue weighted by Crippen LogP contribution is 2.19. The molecule has 1 fully saturated rings. The largest absolute Gasteiger partial charge is 0.349 e. The summed E-state index contributed by atoms with van der Waals surface area (Å²) >= 11 is 0. The molecule has 0 spiro atoms. The van der Waals surface area contributed by atoms with Crippen molar-refractivity contribution in [3.63, 3.8) is 0 Å². The van der Waals surface area contributed by atoms with Crippen LogP contribution in [0.1, 0.15) is 18.7 Å². The van der Waals surface area contributed by atoms with Crippen molar-refractivity contribution in [2.24, 2.45) is 13.0 Å². The fourth-order valence-electron chi connectivity index (χ4n) is 3.69. The molecule has 1 amide bonds. The van der Waals surface area contributed by atoms with E-state index in [1.807, 2.05) is 25.2 Å². The highest BCUT2D eigenvalue weighted by molar-refractivity contribution is 5.79. The number of nitrogens with zero attached hydrogens (tertiary/aromatic N) is 4. The third-order valence-corrected chi connectivity index (χ3v) is 5.30. The molecule has 0 saturated carbocycles. The van der Waals surface area contributed by atoms with E-state index in [2.05, 4.69) is 51.9 Å². The van der Waals surface area contributed by atoms with Gasteiger partial charge in [0.05, 0.1) is 23.5 Å². The van der Waals surface area contributed by atoms with Gasteiger partial charge in [-0.1, -0.05) is 12.1 Å². The summed E-state index contributed by atoms with van der Waals surface area (Å²) in [6.07, 6.45) is 1.99. The summed E-state index contributed by atoms with van der Waals surface area (Å²) in [5.41, 5.74) is 2.06. The Balaban J connectivity index is 1.62. The van der Waals surface area contributed by atoms with Crippen LogP contribution in [0.15, 0.2) is 24.3 Å². The Morgan fingerprint density at radius 3 is 2.72 bits per heavy atom. The van der Waals surface area contributed by atoms with E-state index in [4.69, 9.17) is 0 Å². The maximum Gasteiger partial charge on any atom is 0.224 e. The number of carbonyl (C=O) groups is 1. The fourth-order valence-corrected chi connectivity index (χ4v) is 3.69. The second-order valence-corrected chi connectivity index (χ2v) is 7.41. The minimum atomic E-state index is 0.0460.